The van der Waals surface area contributed by atoms with Crippen molar-refractivity contribution in [2.75, 3.05) is 5.32 Å². The summed E-state index contributed by atoms with van der Waals surface area (Å²) < 4.78 is 1.71. The van der Waals surface area contributed by atoms with E-state index in [9.17, 15) is 4.79 Å². The molecule has 0 spiro atoms. The molecular weight excluding hydrogens is 270 g/mol. The molecule has 0 aromatic carbocycles. The maximum absolute atomic E-state index is 12.4. The Morgan fingerprint density at radius 3 is 2.80 bits per heavy atom. The highest BCUT2D eigenvalue weighted by atomic mass is 32.1. The molecule has 1 atom stereocenters. The van der Waals surface area contributed by atoms with Gasteiger partial charge in [-0.25, -0.2) is 4.98 Å². The first-order valence-corrected chi connectivity index (χ1v) is 7.63. The third kappa shape index (κ3) is 3.48. The first kappa shape index (κ1) is 14.8. The molecule has 0 fully saturated rings. The minimum atomic E-state index is -0.243. The normalized spacial score (nSPS) is 13.2. The van der Waals surface area contributed by atoms with Crippen molar-refractivity contribution in [2.45, 2.75) is 45.7 Å². The van der Waals surface area contributed by atoms with Crippen LogP contribution in [0, 0.1) is 0 Å². The molecule has 2 heterocycles. The number of nitrogens with one attached hydrogen (secondary N) is 1. The van der Waals surface area contributed by atoms with Crippen molar-refractivity contribution in [1.29, 1.82) is 0 Å². The van der Waals surface area contributed by atoms with Crippen molar-refractivity contribution in [2.24, 2.45) is 0 Å². The van der Waals surface area contributed by atoms with Crippen LogP contribution < -0.4 is 10.9 Å². The maximum atomic E-state index is 12.4. The molecule has 0 saturated heterocycles. The smallest absolute Gasteiger partial charge is 0.293 e. The van der Waals surface area contributed by atoms with E-state index in [2.05, 4.69) is 28.7 Å². The summed E-state index contributed by atoms with van der Waals surface area (Å²) in [6, 6.07) is 4.32. The number of hydrogen-bond donors (Lipinski definition) is 1. The van der Waals surface area contributed by atoms with Gasteiger partial charge in [-0.05, 0) is 39.1 Å². The average molecular weight is 291 g/mol. The van der Waals surface area contributed by atoms with Crippen LogP contribution >= 0.6 is 11.3 Å². The Labute approximate surface area is 123 Å². The molecule has 1 N–H and O–H groups in total. The van der Waals surface area contributed by atoms with Gasteiger partial charge in [-0.3, -0.25) is 4.79 Å². The number of hydrogen-bond acceptors (Lipinski definition) is 4. The first-order chi connectivity index (χ1) is 9.38. The summed E-state index contributed by atoms with van der Waals surface area (Å²) in [6.45, 7) is 8.09. The van der Waals surface area contributed by atoms with E-state index >= 15 is 0 Å². The molecule has 0 aliphatic carbocycles. The van der Waals surface area contributed by atoms with Crippen LogP contribution in [0.25, 0.3) is 0 Å². The van der Waals surface area contributed by atoms with Crippen LogP contribution in [0.2, 0.25) is 0 Å². The highest BCUT2D eigenvalue weighted by molar-refractivity contribution is 7.09. The van der Waals surface area contributed by atoms with Gasteiger partial charge in [0.05, 0.1) is 0 Å². The van der Waals surface area contributed by atoms with Gasteiger partial charge in [0.2, 0.25) is 0 Å². The van der Waals surface area contributed by atoms with E-state index in [0.717, 1.165) is 6.42 Å². The van der Waals surface area contributed by atoms with E-state index in [0.29, 0.717) is 5.82 Å². The number of aromatic nitrogens is 2. The van der Waals surface area contributed by atoms with Crippen LogP contribution in [0.3, 0.4) is 0 Å². The summed E-state index contributed by atoms with van der Waals surface area (Å²) >= 11 is 1.73. The largest absolute Gasteiger partial charge is 0.363 e. The van der Waals surface area contributed by atoms with Crippen molar-refractivity contribution >= 4 is 17.2 Å². The van der Waals surface area contributed by atoms with Crippen LogP contribution in [0.1, 0.15) is 32.6 Å². The summed E-state index contributed by atoms with van der Waals surface area (Å²) in [7, 11) is 0. The first-order valence-electron chi connectivity index (χ1n) is 6.75. The molecule has 2 aromatic rings. The second-order valence-electron chi connectivity index (χ2n) is 5.95. The summed E-state index contributed by atoms with van der Waals surface area (Å²) in [5.74, 6) is 0.423. The zero-order valence-corrected chi connectivity index (χ0v) is 13.2. The van der Waals surface area contributed by atoms with Gasteiger partial charge >= 0.3 is 0 Å². The molecule has 0 bridgehead atoms. The monoisotopic (exact) mass is 291 g/mol. The Morgan fingerprint density at radius 1 is 1.45 bits per heavy atom. The molecule has 5 heteroatoms. The van der Waals surface area contributed by atoms with Gasteiger partial charge in [-0.2, -0.15) is 0 Å². The van der Waals surface area contributed by atoms with Crippen molar-refractivity contribution in [3.63, 3.8) is 0 Å². The molecule has 0 radical (unpaired) electrons. The molecule has 0 aliphatic heterocycles. The van der Waals surface area contributed by atoms with E-state index in [4.69, 9.17) is 0 Å². The minimum Gasteiger partial charge on any atom is -0.363 e. The highest BCUT2D eigenvalue weighted by Crippen LogP contribution is 2.14. The van der Waals surface area contributed by atoms with Gasteiger partial charge in [-0.15, -0.1) is 11.3 Å². The van der Waals surface area contributed by atoms with Crippen LogP contribution in [-0.4, -0.2) is 15.6 Å². The fraction of sp³-hybridized carbons (Fsp3) is 0.467. The summed E-state index contributed by atoms with van der Waals surface area (Å²) in [5, 5.41) is 5.29. The van der Waals surface area contributed by atoms with Crippen molar-refractivity contribution in [3.05, 3.63) is 45.1 Å². The number of anilines is 1. The third-order valence-corrected chi connectivity index (χ3v) is 3.93. The zero-order valence-electron chi connectivity index (χ0n) is 12.4. The summed E-state index contributed by atoms with van der Waals surface area (Å²) in [4.78, 5) is 17.9. The van der Waals surface area contributed by atoms with Crippen molar-refractivity contribution in [3.8, 4) is 0 Å². The van der Waals surface area contributed by atoms with Crippen molar-refractivity contribution in [1.82, 2.24) is 9.55 Å². The molecular formula is C15H21N3OS. The average Bonchev–Trinajstić information content (AvgIpc) is 2.83. The maximum Gasteiger partial charge on any atom is 0.293 e. The van der Waals surface area contributed by atoms with Crippen molar-refractivity contribution < 1.29 is 0 Å². The van der Waals surface area contributed by atoms with E-state index in [1.165, 1.54) is 4.88 Å². The molecule has 2 aromatic heterocycles. The summed E-state index contributed by atoms with van der Waals surface area (Å²) in [5.41, 5.74) is -0.314. The van der Waals surface area contributed by atoms with Crippen LogP contribution in [0.4, 0.5) is 5.82 Å². The van der Waals surface area contributed by atoms with Gasteiger partial charge in [0, 0.05) is 35.3 Å². The predicted molar refractivity (Wildman–Crippen MR) is 84.6 cm³/mol. The van der Waals surface area contributed by atoms with E-state index in [-0.39, 0.29) is 17.1 Å². The molecule has 0 aliphatic rings. The lowest BCUT2D eigenvalue weighted by Gasteiger charge is -2.23. The highest BCUT2D eigenvalue weighted by Gasteiger charge is 2.17. The number of thiophene rings is 1. The molecule has 2 rings (SSSR count). The molecule has 4 nitrogen and oxygen atoms in total. The molecule has 0 saturated carbocycles. The van der Waals surface area contributed by atoms with Gasteiger partial charge in [0.25, 0.3) is 5.56 Å². The quantitative estimate of drug-likeness (QED) is 0.941. The summed E-state index contributed by atoms with van der Waals surface area (Å²) in [6.07, 6.45) is 4.30. The Kier molecular flexibility index (Phi) is 4.28. The van der Waals surface area contributed by atoms with Crippen LogP contribution in [0.15, 0.2) is 34.7 Å². The molecule has 20 heavy (non-hydrogen) atoms. The standard InChI is InChI=1S/C15H21N3OS/c1-11(10-12-6-5-9-20-12)17-13-14(19)18(8-7-16-13)15(2,3)4/h5-9,11H,10H2,1-4H3,(H,16,17). The second kappa shape index (κ2) is 5.79. The Balaban J connectivity index is 2.16. The van der Waals surface area contributed by atoms with Gasteiger partial charge in [-0.1, -0.05) is 6.07 Å². The number of rotatable bonds is 4. The van der Waals surface area contributed by atoms with Gasteiger partial charge < -0.3 is 9.88 Å². The van der Waals surface area contributed by atoms with Gasteiger partial charge in [0.15, 0.2) is 5.82 Å². The Hall–Kier alpha value is -1.62. The van der Waals surface area contributed by atoms with E-state index < -0.39 is 0 Å². The van der Waals surface area contributed by atoms with Gasteiger partial charge in [0.1, 0.15) is 0 Å². The molecule has 1 unspecified atom stereocenters. The lowest BCUT2D eigenvalue weighted by molar-refractivity contribution is 0.383. The Morgan fingerprint density at radius 2 is 2.20 bits per heavy atom. The fourth-order valence-electron chi connectivity index (χ4n) is 2.05. The minimum absolute atomic E-state index is 0.0713. The fourth-order valence-corrected chi connectivity index (χ4v) is 2.89. The predicted octanol–water partition coefficient (Wildman–Crippen LogP) is 3.10. The Bertz CT molecular complexity index is 611. The lowest BCUT2D eigenvalue weighted by atomic mass is 10.1. The van der Waals surface area contributed by atoms with Crippen LogP contribution in [-0.2, 0) is 12.0 Å². The SMILES string of the molecule is CC(Cc1cccs1)Nc1nccn(C(C)(C)C)c1=O. The van der Waals surface area contributed by atoms with Crippen LogP contribution in [0.5, 0.6) is 0 Å². The number of nitrogens with zero attached hydrogens (tertiary/aromatic N) is 2. The second-order valence-corrected chi connectivity index (χ2v) is 6.98. The van der Waals surface area contributed by atoms with E-state index in [1.807, 2.05) is 26.8 Å². The third-order valence-electron chi connectivity index (χ3n) is 3.03. The topological polar surface area (TPSA) is 46.9 Å². The lowest BCUT2D eigenvalue weighted by Crippen LogP contribution is -2.36. The zero-order chi connectivity index (χ0) is 14.8. The molecule has 0 amide bonds. The molecule has 108 valence electrons. The van der Waals surface area contributed by atoms with E-state index in [1.54, 1.807) is 28.3 Å².